The summed E-state index contributed by atoms with van der Waals surface area (Å²) >= 11 is 6.03. The number of likely N-dealkylation sites (N-methyl/N-ethyl adjacent to an activating group) is 1. The molecule has 0 radical (unpaired) electrons. The maximum atomic E-state index is 12.6. The van der Waals surface area contributed by atoms with Crippen LogP contribution in [0.2, 0.25) is 5.15 Å². The van der Waals surface area contributed by atoms with Gasteiger partial charge in [0.15, 0.2) is 0 Å². The average Bonchev–Trinajstić information content (AvgIpc) is 2.62. The second-order valence-corrected chi connectivity index (χ2v) is 5.76. The molecule has 1 aromatic heterocycles. The summed E-state index contributed by atoms with van der Waals surface area (Å²) < 4.78 is 0. The van der Waals surface area contributed by atoms with Gasteiger partial charge in [-0.15, -0.1) is 0 Å². The zero-order chi connectivity index (χ0) is 14.5. The molecule has 110 valence electrons. The van der Waals surface area contributed by atoms with Crippen LogP contribution in [-0.4, -0.2) is 53.9 Å². The molecule has 0 spiro atoms. The van der Waals surface area contributed by atoms with Gasteiger partial charge in [-0.2, -0.15) is 0 Å². The SMILES string of the molecule is CCCc1cc(C(=O)N2CCCN(C)CC2)cc(Cl)n1. The minimum atomic E-state index is 0.0713. The summed E-state index contributed by atoms with van der Waals surface area (Å²) in [6, 6.07) is 3.56. The maximum absolute atomic E-state index is 12.6. The van der Waals surface area contributed by atoms with E-state index in [2.05, 4.69) is 23.9 Å². The van der Waals surface area contributed by atoms with Crippen molar-refractivity contribution in [2.24, 2.45) is 0 Å². The molecule has 1 amide bonds. The van der Waals surface area contributed by atoms with Crippen LogP contribution >= 0.6 is 11.6 Å². The van der Waals surface area contributed by atoms with E-state index in [-0.39, 0.29) is 5.91 Å². The molecule has 4 nitrogen and oxygen atoms in total. The van der Waals surface area contributed by atoms with Gasteiger partial charge in [0.2, 0.25) is 0 Å². The van der Waals surface area contributed by atoms with Crippen molar-refractivity contribution in [3.63, 3.8) is 0 Å². The summed E-state index contributed by atoms with van der Waals surface area (Å²) in [5.41, 5.74) is 1.56. The lowest BCUT2D eigenvalue weighted by Crippen LogP contribution is -2.34. The third-order valence-electron chi connectivity index (χ3n) is 3.61. The summed E-state index contributed by atoms with van der Waals surface area (Å²) in [5, 5.41) is 0.409. The summed E-state index contributed by atoms with van der Waals surface area (Å²) in [6.45, 7) is 5.65. The monoisotopic (exact) mass is 295 g/mol. The van der Waals surface area contributed by atoms with Gasteiger partial charge in [0.05, 0.1) is 0 Å². The van der Waals surface area contributed by atoms with Gasteiger partial charge in [-0.25, -0.2) is 4.98 Å². The van der Waals surface area contributed by atoms with Crippen LogP contribution in [0.15, 0.2) is 12.1 Å². The molecule has 1 aliphatic heterocycles. The molecule has 0 atom stereocenters. The minimum Gasteiger partial charge on any atom is -0.337 e. The zero-order valence-corrected chi connectivity index (χ0v) is 13.0. The van der Waals surface area contributed by atoms with Gasteiger partial charge in [-0.05, 0) is 38.6 Å². The Kier molecular flexibility index (Phi) is 5.38. The molecule has 0 aromatic carbocycles. The first-order valence-electron chi connectivity index (χ1n) is 7.24. The Balaban J connectivity index is 2.15. The highest BCUT2D eigenvalue weighted by atomic mass is 35.5. The van der Waals surface area contributed by atoms with Gasteiger partial charge in [0.1, 0.15) is 5.15 Å². The number of carbonyl (C=O) groups is 1. The lowest BCUT2D eigenvalue weighted by molar-refractivity contribution is 0.0762. The van der Waals surface area contributed by atoms with Crippen molar-refractivity contribution in [1.82, 2.24) is 14.8 Å². The first-order chi connectivity index (χ1) is 9.60. The number of pyridine rings is 1. The maximum Gasteiger partial charge on any atom is 0.254 e. The predicted molar refractivity (Wildman–Crippen MR) is 81.3 cm³/mol. The van der Waals surface area contributed by atoms with Crippen molar-refractivity contribution in [2.75, 3.05) is 33.2 Å². The molecule has 20 heavy (non-hydrogen) atoms. The van der Waals surface area contributed by atoms with E-state index in [1.807, 2.05) is 11.0 Å². The van der Waals surface area contributed by atoms with Crippen LogP contribution in [0.3, 0.4) is 0 Å². The van der Waals surface area contributed by atoms with Gasteiger partial charge in [0.25, 0.3) is 5.91 Å². The highest BCUT2D eigenvalue weighted by molar-refractivity contribution is 6.29. The number of hydrogen-bond acceptors (Lipinski definition) is 3. The van der Waals surface area contributed by atoms with Crippen molar-refractivity contribution < 1.29 is 4.79 Å². The quantitative estimate of drug-likeness (QED) is 0.804. The Morgan fingerprint density at radius 3 is 2.85 bits per heavy atom. The molecule has 0 bridgehead atoms. The Bertz CT molecular complexity index is 478. The lowest BCUT2D eigenvalue weighted by Gasteiger charge is -2.21. The number of rotatable bonds is 3. The number of carbonyl (C=O) groups excluding carboxylic acids is 1. The predicted octanol–water partition coefficient (Wildman–Crippen LogP) is 2.47. The van der Waals surface area contributed by atoms with Gasteiger partial charge in [-0.3, -0.25) is 4.79 Å². The first kappa shape index (κ1) is 15.3. The molecular weight excluding hydrogens is 274 g/mol. The van der Waals surface area contributed by atoms with E-state index in [1.54, 1.807) is 6.07 Å². The molecule has 1 saturated heterocycles. The third kappa shape index (κ3) is 3.93. The second kappa shape index (κ2) is 7.04. The van der Waals surface area contributed by atoms with Crippen LogP contribution in [-0.2, 0) is 6.42 Å². The second-order valence-electron chi connectivity index (χ2n) is 5.37. The van der Waals surface area contributed by atoms with E-state index in [0.29, 0.717) is 10.7 Å². The Hall–Kier alpha value is -1.13. The smallest absolute Gasteiger partial charge is 0.254 e. The van der Waals surface area contributed by atoms with Gasteiger partial charge < -0.3 is 9.80 Å². The topological polar surface area (TPSA) is 36.4 Å². The molecule has 1 aromatic rings. The van der Waals surface area contributed by atoms with Crippen LogP contribution in [0.5, 0.6) is 0 Å². The van der Waals surface area contributed by atoms with Crippen molar-refractivity contribution in [2.45, 2.75) is 26.2 Å². The van der Waals surface area contributed by atoms with E-state index < -0.39 is 0 Å². The lowest BCUT2D eigenvalue weighted by atomic mass is 10.1. The van der Waals surface area contributed by atoms with Gasteiger partial charge >= 0.3 is 0 Å². The van der Waals surface area contributed by atoms with E-state index in [0.717, 1.165) is 51.1 Å². The number of aromatic nitrogens is 1. The molecule has 5 heteroatoms. The largest absolute Gasteiger partial charge is 0.337 e. The minimum absolute atomic E-state index is 0.0713. The third-order valence-corrected chi connectivity index (χ3v) is 3.80. The van der Waals surface area contributed by atoms with E-state index in [4.69, 9.17) is 11.6 Å². The highest BCUT2D eigenvalue weighted by Gasteiger charge is 2.19. The van der Waals surface area contributed by atoms with Crippen molar-refractivity contribution in [3.8, 4) is 0 Å². The molecule has 0 N–H and O–H groups in total. The number of hydrogen-bond donors (Lipinski definition) is 0. The zero-order valence-electron chi connectivity index (χ0n) is 12.2. The summed E-state index contributed by atoms with van der Waals surface area (Å²) in [7, 11) is 2.09. The molecule has 1 aliphatic rings. The molecule has 0 unspecified atom stereocenters. The molecule has 2 rings (SSSR count). The molecule has 0 aliphatic carbocycles. The normalized spacial score (nSPS) is 17.1. The number of amides is 1. The number of aryl methyl sites for hydroxylation is 1. The average molecular weight is 296 g/mol. The summed E-state index contributed by atoms with van der Waals surface area (Å²) in [4.78, 5) is 21.0. The van der Waals surface area contributed by atoms with Crippen LogP contribution < -0.4 is 0 Å². The number of nitrogens with zero attached hydrogens (tertiary/aromatic N) is 3. The summed E-state index contributed by atoms with van der Waals surface area (Å²) in [6.07, 6.45) is 2.86. The fourth-order valence-corrected chi connectivity index (χ4v) is 2.72. The van der Waals surface area contributed by atoms with Gasteiger partial charge in [-0.1, -0.05) is 24.9 Å². The van der Waals surface area contributed by atoms with E-state index in [9.17, 15) is 4.79 Å². The fraction of sp³-hybridized carbons (Fsp3) is 0.600. The van der Waals surface area contributed by atoms with Gasteiger partial charge in [0, 0.05) is 30.9 Å². The van der Waals surface area contributed by atoms with Crippen LogP contribution in [0.4, 0.5) is 0 Å². The molecule has 1 fully saturated rings. The molecule has 2 heterocycles. The van der Waals surface area contributed by atoms with Crippen LogP contribution in [0.25, 0.3) is 0 Å². The molecule has 0 saturated carbocycles. The Labute approximate surface area is 125 Å². The van der Waals surface area contributed by atoms with Crippen molar-refractivity contribution in [3.05, 3.63) is 28.5 Å². The van der Waals surface area contributed by atoms with Crippen LogP contribution in [0, 0.1) is 0 Å². The standard InChI is InChI=1S/C15H22ClN3O/c1-3-5-13-10-12(11-14(16)17-13)15(20)19-7-4-6-18(2)8-9-19/h10-11H,3-9H2,1-2H3. The Morgan fingerprint density at radius 2 is 2.10 bits per heavy atom. The molecular formula is C15H22ClN3O. The van der Waals surface area contributed by atoms with E-state index >= 15 is 0 Å². The Morgan fingerprint density at radius 1 is 1.30 bits per heavy atom. The van der Waals surface area contributed by atoms with E-state index in [1.165, 1.54) is 0 Å². The number of halogens is 1. The van der Waals surface area contributed by atoms with Crippen molar-refractivity contribution >= 4 is 17.5 Å². The highest BCUT2D eigenvalue weighted by Crippen LogP contribution is 2.15. The fourth-order valence-electron chi connectivity index (χ4n) is 2.49. The van der Waals surface area contributed by atoms with Crippen LogP contribution in [0.1, 0.15) is 35.8 Å². The summed E-state index contributed by atoms with van der Waals surface area (Å²) in [5.74, 6) is 0.0713. The van der Waals surface area contributed by atoms with Crippen molar-refractivity contribution in [1.29, 1.82) is 0 Å². The first-order valence-corrected chi connectivity index (χ1v) is 7.62.